The van der Waals surface area contributed by atoms with Gasteiger partial charge in [0.15, 0.2) is 5.11 Å². The van der Waals surface area contributed by atoms with Crippen molar-refractivity contribution < 1.29 is 14.3 Å². The molecule has 2 aromatic rings. The second kappa shape index (κ2) is 8.51. The number of anilines is 1. The molecule has 1 aromatic carbocycles. The maximum Gasteiger partial charge on any atom is 0.252 e. The third-order valence-corrected chi connectivity index (χ3v) is 5.80. The van der Waals surface area contributed by atoms with Crippen molar-refractivity contribution in [2.24, 2.45) is 0 Å². The zero-order valence-corrected chi connectivity index (χ0v) is 17.3. The fourth-order valence-corrected chi connectivity index (χ4v) is 4.23. The van der Waals surface area contributed by atoms with Gasteiger partial charge in [0.2, 0.25) is 5.91 Å². The minimum atomic E-state index is -0.543. The Morgan fingerprint density at radius 3 is 2.93 bits per heavy atom. The number of hydrogen-bond acceptors (Lipinski definition) is 4. The third-order valence-electron chi connectivity index (χ3n) is 5.37. The zero-order chi connectivity index (χ0) is 20.4. The monoisotopic (exact) mass is 414 g/mol. The van der Waals surface area contributed by atoms with Gasteiger partial charge < -0.3 is 19.9 Å². The fraction of sp³-hybridized carbons (Fsp3) is 0.476. The summed E-state index contributed by atoms with van der Waals surface area (Å²) in [7, 11) is 0. The lowest BCUT2D eigenvalue weighted by molar-refractivity contribution is -0.131. The molecule has 2 amide bonds. The van der Waals surface area contributed by atoms with Crippen molar-refractivity contribution in [2.45, 2.75) is 44.7 Å². The van der Waals surface area contributed by atoms with Crippen molar-refractivity contribution in [1.29, 1.82) is 0 Å². The highest BCUT2D eigenvalue weighted by Gasteiger charge is 2.48. The van der Waals surface area contributed by atoms with Gasteiger partial charge in [0.1, 0.15) is 6.04 Å². The molecular formula is C21H26N4O3S. The molecule has 154 valence electrons. The van der Waals surface area contributed by atoms with Crippen molar-refractivity contribution in [1.82, 2.24) is 14.8 Å². The number of benzene rings is 1. The first-order valence-corrected chi connectivity index (χ1v) is 10.6. The molecule has 1 unspecified atom stereocenters. The number of rotatable bonds is 9. The Morgan fingerprint density at radius 1 is 1.34 bits per heavy atom. The highest BCUT2D eigenvalue weighted by atomic mass is 32.1. The van der Waals surface area contributed by atoms with Gasteiger partial charge in [-0.25, -0.2) is 0 Å². The SMILES string of the molecule is CCOCCCN1C(=S)N(C2CC2)C(=O)C1CC(=O)Nc1ccc2cc[nH]c2c1. The summed E-state index contributed by atoms with van der Waals surface area (Å²) in [5.74, 6) is -0.242. The van der Waals surface area contributed by atoms with Gasteiger partial charge in [-0.05, 0) is 62.0 Å². The summed E-state index contributed by atoms with van der Waals surface area (Å²) in [6.07, 6.45) is 4.67. The van der Waals surface area contributed by atoms with Gasteiger partial charge in [0.25, 0.3) is 5.91 Å². The van der Waals surface area contributed by atoms with Gasteiger partial charge in [-0.1, -0.05) is 6.07 Å². The first-order chi connectivity index (χ1) is 14.1. The second-order valence-corrected chi connectivity index (χ2v) is 7.88. The van der Waals surface area contributed by atoms with Gasteiger partial charge in [0.05, 0.1) is 6.42 Å². The van der Waals surface area contributed by atoms with E-state index in [-0.39, 0.29) is 24.3 Å². The molecule has 2 aliphatic rings. The zero-order valence-electron chi connectivity index (χ0n) is 16.5. The first-order valence-electron chi connectivity index (χ1n) is 10.2. The summed E-state index contributed by atoms with van der Waals surface area (Å²) in [5, 5.41) is 4.56. The van der Waals surface area contributed by atoms with Crippen molar-refractivity contribution in [3.05, 3.63) is 30.5 Å². The number of carbonyl (C=O) groups is 2. The van der Waals surface area contributed by atoms with Crippen LogP contribution < -0.4 is 5.32 Å². The van der Waals surface area contributed by atoms with E-state index in [1.165, 1.54) is 0 Å². The van der Waals surface area contributed by atoms with Crippen molar-refractivity contribution in [2.75, 3.05) is 25.1 Å². The Morgan fingerprint density at radius 2 is 2.17 bits per heavy atom. The molecule has 4 rings (SSSR count). The Kier molecular flexibility index (Phi) is 5.82. The van der Waals surface area contributed by atoms with E-state index in [4.69, 9.17) is 17.0 Å². The maximum atomic E-state index is 13.0. The van der Waals surface area contributed by atoms with Crippen molar-refractivity contribution >= 4 is 45.7 Å². The van der Waals surface area contributed by atoms with Crippen LogP contribution in [0.2, 0.25) is 0 Å². The quantitative estimate of drug-likeness (QED) is 0.487. The minimum Gasteiger partial charge on any atom is -0.382 e. The molecule has 1 aliphatic carbocycles. The number of ether oxygens (including phenoxy) is 1. The molecule has 0 bridgehead atoms. The van der Waals surface area contributed by atoms with Crippen LogP contribution in [-0.4, -0.2) is 63.6 Å². The lowest BCUT2D eigenvalue weighted by atomic mass is 10.1. The number of aromatic nitrogens is 1. The van der Waals surface area contributed by atoms with Crippen molar-refractivity contribution in [3.8, 4) is 0 Å². The molecule has 2 heterocycles. The molecule has 2 N–H and O–H groups in total. The lowest BCUT2D eigenvalue weighted by Gasteiger charge is -2.23. The average Bonchev–Trinajstić information content (AvgIpc) is 3.37. The number of amides is 2. The predicted octanol–water partition coefficient (Wildman–Crippen LogP) is 2.88. The van der Waals surface area contributed by atoms with Crippen LogP contribution in [0.5, 0.6) is 0 Å². The molecule has 1 saturated heterocycles. The maximum absolute atomic E-state index is 13.0. The van der Waals surface area contributed by atoms with E-state index in [0.29, 0.717) is 30.6 Å². The summed E-state index contributed by atoms with van der Waals surface area (Å²) >= 11 is 5.59. The summed E-state index contributed by atoms with van der Waals surface area (Å²) in [5.41, 5.74) is 1.67. The van der Waals surface area contributed by atoms with E-state index in [1.54, 1.807) is 4.90 Å². The van der Waals surface area contributed by atoms with Crippen LogP contribution in [0.15, 0.2) is 30.5 Å². The number of hydrogen-bond donors (Lipinski definition) is 2. The van der Waals surface area contributed by atoms with Gasteiger partial charge in [-0.15, -0.1) is 0 Å². The Bertz CT molecular complexity index is 924. The van der Waals surface area contributed by atoms with Gasteiger partial charge in [-0.3, -0.25) is 14.5 Å². The molecule has 1 aliphatic heterocycles. The van der Waals surface area contributed by atoms with Crippen LogP contribution in [0.25, 0.3) is 10.9 Å². The van der Waals surface area contributed by atoms with Gasteiger partial charge >= 0.3 is 0 Å². The summed E-state index contributed by atoms with van der Waals surface area (Å²) in [6, 6.07) is 7.35. The van der Waals surface area contributed by atoms with E-state index in [0.717, 1.165) is 30.2 Å². The molecule has 1 saturated carbocycles. The largest absolute Gasteiger partial charge is 0.382 e. The van der Waals surface area contributed by atoms with E-state index >= 15 is 0 Å². The van der Waals surface area contributed by atoms with E-state index in [1.807, 2.05) is 42.3 Å². The second-order valence-electron chi connectivity index (χ2n) is 7.51. The number of H-pyrrole nitrogens is 1. The average molecular weight is 415 g/mol. The van der Waals surface area contributed by atoms with Crippen LogP contribution in [0.1, 0.15) is 32.6 Å². The fourth-order valence-electron chi connectivity index (χ4n) is 3.77. The van der Waals surface area contributed by atoms with E-state index in [2.05, 4.69) is 10.3 Å². The summed E-state index contributed by atoms with van der Waals surface area (Å²) in [6.45, 7) is 3.84. The molecule has 0 spiro atoms. The van der Waals surface area contributed by atoms with Crippen LogP contribution in [0, 0.1) is 0 Å². The first kappa shape index (κ1) is 19.8. The molecule has 1 aromatic heterocycles. The predicted molar refractivity (Wildman–Crippen MR) is 116 cm³/mol. The van der Waals surface area contributed by atoms with Crippen LogP contribution in [0.4, 0.5) is 5.69 Å². The third kappa shape index (κ3) is 4.28. The normalized spacial score (nSPS) is 19.4. The molecule has 2 fully saturated rings. The van der Waals surface area contributed by atoms with E-state index in [9.17, 15) is 9.59 Å². The highest BCUT2D eigenvalue weighted by molar-refractivity contribution is 7.80. The van der Waals surface area contributed by atoms with E-state index < -0.39 is 6.04 Å². The minimum absolute atomic E-state index is 0.0520. The Hall–Kier alpha value is -2.45. The van der Waals surface area contributed by atoms with Crippen molar-refractivity contribution in [3.63, 3.8) is 0 Å². The molecule has 8 heteroatoms. The van der Waals surface area contributed by atoms with Gasteiger partial charge in [-0.2, -0.15) is 0 Å². The molecular weight excluding hydrogens is 388 g/mol. The number of carbonyl (C=O) groups excluding carboxylic acids is 2. The number of thiocarbonyl (C=S) groups is 1. The summed E-state index contributed by atoms with van der Waals surface area (Å²) < 4.78 is 5.42. The number of aromatic amines is 1. The topological polar surface area (TPSA) is 77.7 Å². The van der Waals surface area contributed by atoms with Crippen LogP contribution >= 0.6 is 12.2 Å². The van der Waals surface area contributed by atoms with Crippen LogP contribution in [0.3, 0.4) is 0 Å². The Labute approximate surface area is 175 Å². The smallest absolute Gasteiger partial charge is 0.252 e. The lowest BCUT2D eigenvalue weighted by Crippen LogP contribution is -2.38. The van der Waals surface area contributed by atoms with Gasteiger partial charge in [0, 0.05) is 43.2 Å². The highest BCUT2D eigenvalue weighted by Crippen LogP contribution is 2.34. The molecule has 1 atom stereocenters. The number of fused-ring (bicyclic) bond motifs is 1. The Balaban J connectivity index is 1.43. The van der Waals surface area contributed by atoms with Crippen LogP contribution in [-0.2, 0) is 14.3 Å². The number of nitrogens with zero attached hydrogens (tertiary/aromatic N) is 2. The standard InChI is InChI=1S/C21H26N4O3S/c1-2-28-11-3-10-24-18(20(27)25(21(24)29)16-6-7-16)13-19(26)23-15-5-4-14-8-9-22-17(14)12-15/h4-5,8-9,12,16,18,22H,2-3,6-7,10-11,13H2,1H3,(H,23,26). The molecule has 7 nitrogen and oxygen atoms in total. The number of nitrogens with one attached hydrogen (secondary N) is 2. The molecule has 0 radical (unpaired) electrons. The molecule has 29 heavy (non-hydrogen) atoms. The summed E-state index contributed by atoms with van der Waals surface area (Å²) in [4.78, 5) is 32.5.